The normalized spacial score (nSPS) is 18.8. The lowest BCUT2D eigenvalue weighted by Gasteiger charge is -2.26. The summed E-state index contributed by atoms with van der Waals surface area (Å²) >= 11 is 5.99. The van der Waals surface area contributed by atoms with Crippen LogP contribution in [0, 0.1) is 0 Å². The van der Waals surface area contributed by atoms with Crippen molar-refractivity contribution < 1.29 is 4.79 Å². The molecule has 1 aromatic carbocycles. The summed E-state index contributed by atoms with van der Waals surface area (Å²) in [5, 5.41) is 0.417. The Morgan fingerprint density at radius 1 is 1.45 bits per heavy atom. The van der Waals surface area contributed by atoms with Gasteiger partial charge in [0.05, 0.1) is 10.6 Å². The van der Waals surface area contributed by atoms with Crippen molar-refractivity contribution in [3.05, 3.63) is 28.8 Å². The minimum atomic E-state index is -0.476. The first-order valence-corrected chi connectivity index (χ1v) is 7.53. The first-order chi connectivity index (χ1) is 9.56. The minimum Gasteiger partial charge on any atom is -0.370 e. The lowest BCUT2D eigenvalue weighted by Crippen LogP contribution is -2.37. The van der Waals surface area contributed by atoms with Gasteiger partial charge >= 0.3 is 0 Å². The number of carbonyl (C=O) groups excluding carboxylic acids is 1. The Morgan fingerprint density at radius 3 is 2.75 bits per heavy atom. The number of hydrogen-bond donors (Lipinski definition) is 1. The van der Waals surface area contributed by atoms with Gasteiger partial charge in [0.25, 0.3) is 0 Å². The van der Waals surface area contributed by atoms with Gasteiger partial charge in [-0.05, 0) is 37.7 Å². The van der Waals surface area contributed by atoms with Crippen molar-refractivity contribution in [3.8, 4) is 0 Å². The highest BCUT2D eigenvalue weighted by Gasteiger charge is 2.26. The van der Waals surface area contributed by atoms with E-state index < -0.39 is 5.91 Å². The van der Waals surface area contributed by atoms with Crippen LogP contribution in [0.4, 0.5) is 5.69 Å². The molecule has 110 valence electrons. The van der Waals surface area contributed by atoms with Crippen molar-refractivity contribution in [3.63, 3.8) is 0 Å². The van der Waals surface area contributed by atoms with Crippen molar-refractivity contribution in [2.75, 3.05) is 31.1 Å². The second-order valence-electron chi connectivity index (χ2n) is 5.14. The predicted molar refractivity (Wildman–Crippen MR) is 83.5 cm³/mol. The van der Waals surface area contributed by atoms with Crippen LogP contribution in [0.1, 0.15) is 30.6 Å². The van der Waals surface area contributed by atoms with Gasteiger partial charge in [0.15, 0.2) is 0 Å². The summed E-state index contributed by atoms with van der Waals surface area (Å²) in [5.74, 6) is -0.476. The summed E-state index contributed by atoms with van der Waals surface area (Å²) in [5.41, 5.74) is 6.77. The van der Waals surface area contributed by atoms with Gasteiger partial charge < -0.3 is 10.6 Å². The van der Waals surface area contributed by atoms with Gasteiger partial charge in [0, 0.05) is 24.8 Å². The summed E-state index contributed by atoms with van der Waals surface area (Å²) in [6.45, 7) is 8.52. The third kappa shape index (κ3) is 3.07. The van der Waals surface area contributed by atoms with Gasteiger partial charge in [0.2, 0.25) is 5.91 Å². The van der Waals surface area contributed by atoms with Gasteiger partial charge in [-0.25, -0.2) is 0 Å². The van der Waals surface area contributed by atoms with Crippen LogP contribution >= 0.6 is 11.6 Å². The van der Waals surface area contributed by atoms with E-state index in [1.54, 1.807) is 12.1 Å². The van der Waals surface area contributed by atoms with Gasteiger partial charge in [0.1, 0.15) is 0 Å². The van der Waals surface area contributed by atoms with Crippen LogP contribution in [0.25, 0.3) is 0 Å². The van der Waals surface area contributed by atoms with Crippen LogP contribution in [0.3, 0.4) is 0 Å². The van der Waals surface area contributed by atoms with E-state index >= 15 is 0 Å². The zero-order valence-corrected chi connectivity index (χ0v) is 12.9. The van der Waals surface area contributed by atoms with E-state index in [-0.39, 0.29) is 0 Å². The Labute approximate surface area is 125 Å². The Bertz CT molecular complexity index is 488. The first kappa shape index (κ1) is 15.1. The number of primary amides is 1. The van der Waals surface area contributed by atoms with Crippen molar-refractivity contribution in [1.82, 2.24) is 4.90 Å². The van der Waals surface area contributed by atoms with E-state index in [0.717, 1.165) is 38.3 Å². The van der Waals surface area contributed by atoms with E-state index in [1.165, 1.54) is 0 Å². The molecule has 1 saturated heterocycles. The van der Waals surface area contributed by atoms with E-state index in [9.17, 15) is 4.79 Å². The molecular formula is C15H22ClN3O. The number of hydrogen-bond acceptors (Lipinski definition) is 3. The Hall–Kier alpha value is -1.26. The van der Waals surface area contributed by atoms with E-state index in [4.69, 9.17) is 17.3 Å². The van der Waals surface area contributed by atoms with Crippen LogP contribution in [-0.2, 0) is 0 Å². The molecule has 2 N–H and O–H groups in total. The van der Waals surface area contributed by atoms with Crippen LogP contribution in [0.2, 0.25) is 5.02 Å². The fourth-order valence-electron chi connectivity index (χ4n) is 2.91. The van der Waals surface area contributed by atoms with Crippen LogP contribution in [0.5, 0.6) is 0 Å². The zero-order valence-electron chi connectivity index (χ0n) is 12.1. The van der Waals surface area contributed by atoms with E-state index in [0.29, 0.717) is 16.6 Å². The molecule has 0 aliphatic carbocycles. The molecule has 2 rings (SSSR count). The second-order valence-corrected chi connectivity index (χ2v) is 5.55. The molecule has 1 heterocycles. The van der Waals surface area contributed by atoms with Crippen molar-refractivity contribution >= 4 is 23.2 Å². The number of carbonyl (C=O) groups is 1. The zero-order chi connectivity index (χ0) is 14.7. The summed E-state index contributed by atoms with van der Waals surface area (Å²) in [7, 11) is 0. The SMILES string of the molecule is CCN(CC)C1CCN(c2ccc(Cl)c(C(N)=O)c2)C1. The Balaban J connectivity index is 2.14. The van der Waals surface area contributed by atoms with Crippen molar-refractivity contribution in [1.29, 1.82) is 0 Å². The smallest absolute Gasteiger partial charge is 0.250 e. The van der Waals surface area contributed by atoms with Gasteiger partial charge in [-0.15, -0.1) is 0 Å². The molecule has 20 heavy (non-hydrogen) atoms. The predicted octanol–water partition coefficient (Wildman–Crippen LogP) is 2.36. The Morgan fingerprint density at radius 2 is 2.15 bits per heavy atom. The maximum atomic E-state index is 11.4. The van der Waals surface area contributed by atoms with Gasteiger partial charge in [-0.3, -0.25) is 9.69 Å². The highest BCUT2D eigenvalue weighted by molar-refractivity contribution is 6.33. The number of halogens is 1. The molecule has 0 aromatic heterocycles. The van der Waals surface area contributed by atoms with E-state index in [1.807, 2.05) is 6.07 Å². The van der Waals surface area contributed by atoms with Crippen molar-refractivity contribution in [2.24, 2.45) is 5.73 Å². The monoisotopic (exact) mass is 295 g/mol. The molecule has 1 aliphatic heterocycles. The van der Waals surface area contributed by atoms with Crippen LogP contribution in [0.15, 0.2) is 18.2 Å². The van der Waals surface area contributed by atoms with Gasteiger partial charge in [-0.2, -0.15) is 0 Å². The molecule has 1 aliphatic rings. The maximum absolute atomic E-state index is 11.4. The van der Waals surface area contributed by atoms with E-state index in [2.05, 4.69) is 23.6 Å². The first-order valence-electron chi connectivity index (χ1n) is 7.15. The maximum Gasteiger partial charge on any atom is 0.250 e. The Kier molecular flexibility index (Phi) is 4.89. The van der Waals surface area contributed by atoms with Gasteiger partial charge in [-0.1, -0.05) is 25.4 Å². The summed E-state index contributed by atoms with van der Waals surface area (Å²) in [4.78, 5) is 16.1. The topological polar surface area (TPSA) is 49.6 Å². The number of anilines is 1. The highest BCUT2D eigenvalue weighted by atomic mass is 35.5. The molecule has 1 fully saturated rings. The quantitative estimate of drug-likeness (QED) is 0.907. The fourth-order valence-corrected chi connectivity index (χ4v) is 3.12. The number of nitrogens with zero attached hydrogens (tertiary/aromatic N) is 2. The molecular weight excluding hydrogens is 274 g/mol. The number of rotatable bonds is 5. The second kappa shape index (κ2) is 6.46. The minimum absolute atomic E-state index is 0.399. The molecule has 0 radical (unpaired) electrons. The third-order valence-electron chi connectivity index (χ3n) is 4.07. The molecule has 4 nitrogen and oxygen atoms in total. The average molecular weight is 296 g/mol. The third-order valence-corrected chi connectivity index (χ3v) is 4.40. The average Bonchev–Trinajstić information content (AvgIpc) is 2.90. The molecule has 0 spiro atoms. The fraction of sp³-hybridized carbons (Fsp3) is 0.533. The number of likely N-dealkylation sites (N-methyl/N-ethyl adjacent to an activating group) is 1. The summed E-state index contributed by atoms with van der Waals surface area (Å²) < 4.78 is 0. The number of amides is 1. The standard InChI is InChI=1S/C15H22ClN3O/c1-3-18(4-2)12-7-8-19(10-12)11-5-6-14(16)13(9-11)15(17)20/h5-6,9,12H,3-4,7-8,10H2,1-2H3,(H2,17,20). The summed E-state index contributed by atoms with van der Waals surface area (Å²) in [6.07, 6.45) is 1.15. The summed E-state index contributed by atoms with van der Waals surface area (Å²) in [6, 6.07) is 6.09. The number of benzene rings is 1. The molecule has 0 bridgehead atoms. The molecule has 1 atom stereocenters. The lowest BCUT2D eigenvalue weighted by molar-refractivity contribution is 0.100. The molecule has 1 aromatic rings. The molecule has 1 unspecified atom stereocenters. The van der Waals surface area contributed by atoms with Crippen LogP contribution < -0.4 is 10.6 Å². The molecule has 1 amide bonds. The number of nitrogens with two attached hydrogens (primary N) is 1. The molecule has 0 saturated carbocycles. The lowest BCUT2D eigenvalue weighted by atomic mass is 10.2. The van der Waals surface area contributed by atoms with Crippen molar-refractivity contribution in [2.45, 2.75) is 26.3 Å². The largest absolute Gasteiger partial charge is 0.370 e. The molecule has 5 heteroatoms. The van der Waals surface area contributed by atoms with Crippen LogP contribution in [-0.4, -0.2) is 43.0 Å². The highest BCUT2D eigenvalue weighted by Crippen LogP contribution is 2.27.